The Morgan fingerprint density at radius 2 is 2.06 bits per heavy atom. The van der Waals surface area contributed by atoms with Gasteiger partial charge in [-0.25, -0.2) is 4.98 Å². The highest BCUT2D eigenvalue weighted by molar-refractivity contribution is 7.71. The number of aromatic nitrogens is 4. The third-order valence-corrected chi connectivity index (χ3v) is 7.25. The largest absolute Gasteiger partial charge is 0.354 e. The number of fused-ring (bicyclic) bond motifs is 1. The van der Waals surface area contributed by atoms with E-state index in [0.29, 0.717) is 27.7 Å². The van der Waals surface area contributed by atoms with E-state index in [0.717, 1.165) is 37.8 Å². The van der Waals surface area contributed by atoms with Crippen LogP contribution in [-0.2, 0) is 0 Å². The first-order chi connectivity index (χ1) is 16.6. The maximum Gasteiger partial charge on any atom is 0.270 e. The molecule has 4 heterocycles. The SMILES string of the molecule is CC(NC(=O)c1cc(=S)n2ccccc2n1)c1ccc(N2CCC[C@@H](NCC3CCC3)C2)nn1. The second-order valence-electron chi connectivity index (χ2n) is 9.41. The Kier molecular flexibility index (Phi) is 6.82. The first-order valence-corrected chi connectivity index (χ1v) is 12.6. The molecule has 1 saturated carbocycles. The molecule has 34 heavy (non-hydrogen) atoms. The molecule has 2 aliphatic rings. The molecule has 0 aromatic carbocycles. The van der Waals surface area contributed by atoms with Crippen LogP contribution in [0.5, 0.6) is 0 Å². The number of nitrogens with zero attached hydrogens (tertiary/aromatic N) is 5. The van der Waals surface area contributed by atoms with Crippen molar-refractivity contribution in [1.82, 2.24) is 30.2 Å². The molecular weight excluding hydrogens is 446 g/mol. The number of hydrogen-bond donors (Lipinski definition) is 2. The number of amides is 1. The first kappa shape index (κ1) is 22.9. The third-order valence-electron chi connectivity index (χ3n) is 6.93. The summed E-state index contributed by atoms with van der Waals surface area (Å²) in [4.78, 5) is 19.6. The molecule has 3 aromatic heterocycles. The summed E-state index contributed by atoms with van der Waals surface area (Å²) in [6, 6.07) is 11.3. The Morgan fingerprint density at radius 1 is 1.18 bits per heavy atom. The van der Waals surface area contributed by atoms with Gasteiger partial charge in [0.15, 0.2) is 5.82 Å². The van der Waals surface area contributed by atoms with Gasteiger partial charge in [-0.15, -0.1) is 5.10 Å². The van der Waals surface area contributed by atoms with E-state index in [9.17, 15) is 4.79 Å². The number of rotatable bonds is 7. The minimum atomic E-state index is -0.304. The summed E-state index contributed by atoms with van der Waals surface area (Å²) in [6.45, 7) is 4.99. The minimum absolute atomic E-state index is 0.285. The highest BCUT2D eigenvalue weighted by atomic mass is 32.1. The van der Waals surface area contributed by atoms with E-state index in [2.05, 4.69) is 30.7 Å². The van der Waals surface area contributed by atoms with Gasteiger partial charge in [0.2, 0.25) is 0 Å². The quantitative estimate of drug-likeness (QED) is 0.502. The van der Waals surface area contributed by atoms with E-state index < -0.39 is 0 Å². The van der Waals surface area contributed by atoms with Crippen LogP contribution < -0.4 is 15.5 Å². The van der Waals surface area contributed by atoms with Gasteiger partial charge < -0.3 is 15.5 Å². The fraction of sp³-hybridized carbons (Fsp3) is 0.480. The van der Waals surface area contributed by atoms with Crippen LogP contribution in [0.4, 0.5) is 5.82 Å². The van der Waals surface area contributed by atoms with Crippen molar-refractivity contribution >= 4 is 29.6 Å². The summed E-state index contributed by atoms with van der Waals surface area (Å²) >= 11 is 5.40. The summed E-state index contributed by atoms with van der Waals surface area (Å²) in [6.07, 6.45) is 8.33. The number of hydrogen-bond acceptors (Lipinski definition) is 7. The van der Waals surface area contributed by atoms with Crippen molar-refractivity contribution < 1.29 is 4.79 Å². The molecule has 8 nitrogen and oxygen atoms in total. The molecule has 2 N–H and O–H groups in total. The Labute approximate surface area is 204 Å². The van der Waals surface area contributed by atoms with Crippen molar-refractivity contribution in [3.63, 3.8) is 0 Å². The molecule has 2 atom stereocenters. The van der Waals surface area contributed by atoms with Crippen LogP contribution in [0.15, 0.2) is 42.6 Å². The van der Waals surface area contributed by atoms with Gasteiger partial charge in [-0.3, -0.25) is 9.20 Å². The van der Waals surface area contributed by atoms with Crippen LogP contribution in [0.3, 0.4) is 0 Å². The monoisotopic (exact) mass is 477 g/mol. The number of anilines is 1. The third kappa shape index (κ3) is 5.10. The highest BCUT2D eigenvalue weighted by Crippen LogP contribution is 2.26. The molecule has 1 saturated heterocycles. The molecule has 1 amide bonds. The van der Waals surface area contributed by atoms with Gasteiger partial charge in [-0.1, -0.05) is 24.7 Å². The summed E-state index contributed by atoms with van der Waals surface area (Å²) in [5.41, 5.74) is 1.64. The normalized spacial score (nSPS) is 19.6. The zero-order chi connectivity index (χ0) is 23.5. The van der Waals surface area contributed by atoms with Crippen LogP contribution >= 0.6 is 12.2 Å². The highest BCUT2D eigenvalue weighted by Gasteiger charge is 2.24. The lowest BCUT2D eigenvalue weighted by Gasteiger charge is -2.35. The van der Waals surface area contributed by atoms with E-state index in [1.165, 1.54) is 25.7 Å². The summed E-state index contributed by atoms with van der Waals surface area (Å²) in [5, 5.41) is 15.6. The van der Waals surface area contributed by atoms with Gasteiger partial charge in [-0.05, 0) is 69.3 Å². The van der Waals surface area contributed by atoms with Crippen molar-refractivity contribution in [2.24, 2.45) is 5.92 Å². The average Bonchev–Trinajstić information content (AvgIpc) is 2.83. The smallest absolute Gasteiger partial charge is 0.270 e. The predicted molar refractivity (Wildman–Crippen MR) is 135 cm³/mol. The topological polar surface area (TPSA) is 87.5 Å². The molecular formula is C25H31N7OS. The van der Waals surface area contributed by atoms with Gasteiger partial charge in [0.05, 0.1) is 11.7 Å². The van der Waals surface area contributed by atoms with Crippen molar-refractivity contribution in [2.75, 3.05) is 24.5 Å². The predicted octanol–water partition coefficient (Wildman–Crippen LogP) is 3.70. The average molecular weight is 478 g/mol. The number of pyridine rings is 1. The molecule has 178 valence electrons. The van der Waals surface area contributed by atoms with E-state index >= 15 is 0 Å². The van der Waals surface area contributed by atoms with Crippen molar-refractivity contribution in [1.29, 1.82) is 0 Å². The number of carbonyl (C=O) groups excluding carboxylic acids is 1. The molecule has 2 fully saturated rings. The minimum Gasteiger partial charge on any atom is -0.354 e. The molecule has 1 aliphatic carbocycles. The summed E-state index contributed by atoms with van der Waals surface area (Å²) < 4.78 is 2.31. The van der Waals surface area contributed by atoms with Crippen LogP contribution in [0.1, 0.15) is 61.3 Å². The molecule has 0 bridgehead atoms. The zero-order valence-corrected chi connectivity index (χ0v) is 20.3. The van der Waals surface area contributed by atoms with Gasteiger partial charge >= 0.3 is 0 Å². The van der Waals surface area contributed by atoms with Crippen molar-refractivity contribution in [2.45, 2.75) is 51.1 Å². The Bertz CT molecular complexity index is 1210. The molecule has 1 aliphatic heterocycles. The van der Waals surface area contributed by atoms with E-state index in [1.54, 1.807) is 10.5 Å². The maximum absolute atomic E-state index is 12.8. The molecule has 0 spiro atoms. The van der Waals surface area contributed by atoms with Gasteiger partial charge in [0, 0.05) is 31.4 Å². The fourth-order valence-corrected chi connectivity index (χ4v) is 4.90. The van der Waals surface area contributed by atoms with Crippen LogP contribution in [0, 0.1) is 10.6 Å². The first-order valence-electron chi connectivity index (χ1n) is 12.2. The van der Waals surface area contributed by atoms with Crippen molar-refractivity contribution in [3.8, 4) is 0 Å². The van der Waals surface area contributed by atoms with E-state index in [1.807, 2.05) is 43.5 Å². The Hall–Kier alpha value is -2.91. The lowest BCUT2D eigenvalue weighted by molar-refractivity contribution is 0.0934. The fourth-order valence-electron chi connectivity index (χ4n) is 4.63. The van der Waals surface area contributed by atoms with Crippen LogP contribution in [-0.4, -0.2) is 51.2 Å². The molecule has 0 radical (unpaired) electrons. The van der Waals surface area contributed by atoms with Gasteiger partial charge in [0.1, 0.15) is 16.0 Å². The number of nitrogens with one attached hydrogen (secondary N) is 2. The van der Waals surface area contributed by atoms with E-state index in [4.69, 9.17) is 12.2 Å². The van der Waals surface area contributed by atoms with Gasteiger partial charge in [0.25, 0.3) is 5.91 Å². The van der Waals surface area contributed by atoms with Gasteiger partial charge in [-0.2, -0.15) is 5.10 Å². The zero-order valence-electron chi connectivity index (χ0n) is 19.5. The maximum atomic E-state index is 12.8. The lowest BCUT2D eigenvalue weighted by Crippen LogP contribution is -2.47. The Balaban J connectivity index is 1.20. The Morgan fingerprint density at radius 3 is 2.82 bits per heavy atom. The molecule has 3 aromatic rings. The molecule has 9 heteroatoms. The second kappa shape index (κ2) is 10.1. The van der Waals surface area contributed by atoms with Crippen LogP contribution in [0.25, 0.3) is 5.65 Å². The summed E-state index contributed by atoms with van der Waals surface area (Å²) in [5.74, 6) is 1.47. The lowest BCUT2D eigenvalue weighted by atomic mass is 9.85. The van der Waals surface area contributed by atoms with Crippen LogP contribution in [0.2, 0.25) is 0 Å². The number of carbonyl (C=O) groups is 1. The summed E-state index contributed by atoms with van der Waals surface area (Å²) in [7, 11) is 0. The molecule has 5 rings (SSSR count). The standard InChI is InChI=1S/C25H31N7OS/c1-17(27-25(33)21-14-24(34)32-13-3-2-9-22(32)28-21)20-10-11-23(30-29-20)31-12-5-8-19(16-31)26-15-18-6-4-7-18/h2-3,9-11,13-14,17-19,26H,4-8,12,15-16H2,1H3,(H,27,33)/t17?,19-/m1/s1. The second-order valence-corrected chi connectivity index (χ2v) is 9.83. The number of piperidine rings is 1. The van der Waals surface area contributed by atoms with Crippen molar-refractivity contribution in [3.05, 3.63) is 58.6 Å². The van der Waals surface area contributed by atoms with E-state index in [-0.39, 0.29) is 11.9 Å². The molecule has 1 unspecified atom stereocenters.